The van der Waals surface area contributed by atoms with Crippen LogP contribution in [0.5, 0.6) is 0 Å². The number of rotatable bonds is 3. The van der Waals surface area contributed by atoms with Gasteiger partial charge in [0, 0.05) is 10.6 Å². The van der Waals surface area contributed by atoms with Crippen LogP contribution < -0.4 is 5.32 Å². The van der Waals surface area contributed by atoms with E-state index in [4.69, 9.17) is 0 Å². The Bertz CT molecular complexity index is 426. The van der Waals surface area contributed by atoms with Crippen LogP contribution in [-0.4, -0.2) is 6.26 Å². The van der Waals surface area contributed by atoms with E-state index >= 15 is 0 Å². The topological polar surface area (TPSA) is 12.0 Å². The Morgan fingerprint density at radius 1 is 1.13 bits per heavy atom. The minimum absolute atomic E-state index is 1.10. The van der Waals surface area contributed by atoms with E-state index in [1.807, 2.05) is 30.3 Å². The number of nitrogens with one attached hydrogen (secondary N) is 1. The zero-order valence-corrected chi connectivity index (χ0v) is 9.34. The predicted molar refractivity (Wildman–Crippen MR) is 66.8 cm³/mol. The molecule has 0 atom stereocenters. The van der Waals surface area contributed by atoms with Crippen LogP contribution in [-0.2, 0) is 0 Å². The van der Waals surface area contributed by atoms with E-state index in [2.05, 4.69) is 35.8 Å². The van der Waals surface area contributed by atoms with Crippen molar-refractivity contribution in [1.82, 2.24) is 0 Å². The second kappa shape index (κ2) is 4.89. The monoisotopic (exact) mass is 214 g/mol. The van der Waals surface area contributed by atoms with Gasteiger partial charge in [-0.3, -0.25) is 0 Å². The highest BCUT2D eigenvalue weighted by molar-refractivity contribution is 7.98. The third kappa shape index (κ3) is 2.54. The van der Waals surface area contributed by atoms with Crippen molar-refractivity contribution in [3.8, 4) is 0 Å². The van der Waals surface area contributed by atoms with Crippen molar-refractivity contribution in [2.75, 3.05) is 11.6 Å². The maximum absolute atomic E-state index is 3.37. The minimum atomic E-state index is 1.10. The molecule has 0 aromatic heterocycles. The molecule has 0 saturated carbocycles. The molecule has 0 aliphatic carbocycles. The Labute approximate surface area is 94.5 Å². The van der Waals surface area contributed by atoms with Gasteiger partial charge in [-0.2, -0.15) is 0 Å². The molecule has 0 fully saturated rings. The van der Waals surface area contributed by atoms with Crippen LogP contribution in [0.1, 0.15) is 0 Å². The van der Waals surface area contributed by atoms with Crippen LogP contribution in [0.4, 0.5) is 11.4 Å². The molecule has 2 aromatic rings. The molecule has 2 aromatic carbocycles. The van der Waals surface area contributed by atoms with Crippen LogP contribution in [0.3, 0.4) is 0 Å². The molecule has 75 valence electrons. The molecular weight excluding hydrogens is 202 g/mol. The molecule has 1 N–H and O–H groups in total. The van der Waals surface area contributed by atoms with Gasteiger partial charge in [-0.05, 0) is 36.6 Å². The molecular formula is C13H12NS. The summed E-state index contributed by atoms with van der Waals surface area (Å²) in [4.78, 5) is 1.23. The maximum Gasteiger partial charge on any atom is 0.0528 e. The Kier molecular flexibility index (Phi) is 3.30. The average Bonchev–Trinajstić information content (AvgIpc) is 2.31. The standard InChI is InChI=1S/C13H12NS/c1-15-13-10-6-5-9-12(13)14-11-7-3-2-4-8-11/h2-4,6-10,14H,1H3. The van der Waals surface area contributed by atoms with E-state index in [9.17, 15) is 0 Å². The summed E-state index contributed by atoms with van der Waals surface area (Å²) in [6.45, 7) is 0. The second-order valence-electron chi connectivity index (χ2n) is 3.12. The Morgan fingerprint density at radius 2 is 1.93 bits per heavy atom. The number of benzene rings is 2. The molecule has 0 bridgehead atoms. The van der Waals surface area contributed by atoms with Gasteiger partial charge in [0.2, 0.25) is 0 Å². The van der Waals surface area contributed by atoms with Crippen LogP contribution in [0.15, 0.2) is 53.4 Å². The molecule has 0 amide bonds. The SMILES string of the molecule is CSc1cc[c]cc1Nc1ccccc1. The highest BCUT2D eigenvalue weighted by Gasteiger charge is 1.99. The zero-order valence-electron chi connectivity index (χ0n) is 8.53. The summed E-state index contributed by atoms with van der Waals surface area (Å²) in [5.74, 6) is 0. The smallest absolute Gasteiger partial charge is 0.0528 e. The van der Waals surface area contributed by atoms with Crippen LogP contribution in [0.2, 0.25) is 0 Å². The van der Waals surface area contributed by atoms with E-state index < -0.39 is 0 Å². The lowest BCUT2D eigenvalue weighted by molar-refractivity contribution is 1.41. The summed E-state index contributed by atoms with van der Waals surface area (Å²) in [6.07, 6.45) is 2.07. The van der Waals surface area contributed by atoms with Crippen LogP contribution in [0, 0.1) is 6.07 Å². The first-order valence-corrected chi connectivity index (χ1v) is 5.99. The third-order valence-electron chi connectivity index (χ3n) is 2.10. The second-order valence-corrected chi connectivity index (χ2v) is 3.97. The van der Waals surface area contributed by atoms with Crippen molar-refractivity contribution < 1.29 is 0 Å². The van der Waals surface area contributed by atoms with E-state index in [1.54, 1.807) is 11.8 Å². The van der Waals surface area contributed by atoms with E-state index in [1.165, 1.54) is 4.90 Å². The van der Waals surface area contributed by atoms with E-state index in [-0.39, 0.29) is 0 Å². The fourth-order valence-electron chi connectivity index (χ4n) is 1.37. The number of para-hydroxylation sites is 1. The molecule has 0 spiro atoms. The lowest BCUT2D eigenvalue weighted by atomic mass is 10.3. The third-order valence-corrected chi connectivity index (χ3v) is 2.89. The molecule has 0 heterocycles. The first-order valence-electron chi connectivity index (χ1n) is 4.76. The highest BCUT2D eigenvalue weighted by atomic mass is 32.2. The van der Waals surface area contributed by atoms with Crippen molar-refractivity contribution in [2.24, 2.45) is 0 Å². The first-order chi connectivity index (χ1) is 7.40. The van der Waals surface area contributed by atoms with Crippen molar-refractivity contribution in [1.29, 1.82) is 0 Å². The normalized spacial score (nSPS) is 9.93. The van der Waals surface area contributed by atoms with Crippen LogP contribution >= 0.6 is 11.8 Å². The van der Waals surface area contributed by atoms with Crippen molar-refractivity contribution >= 4 is 23.1 Å². The molecule has 2 heteroatoms. The van der Waals surface area contributed by atoms with Crippen molar-refractivity contribution in [3.63, 3.8) is 0 Å². The van der Waals surface area contributed by atoms with Gasteiger partial charge in [-0.15, -0.1) is 11.8 Å². The molecule has 15 heavy (non-hydrogen) atoms. The van der Waals surface area contributed by atoms with Gasteiger partial charge in [0.25, 0.3) is 0 Å². The first kappa shape index (κ1) is 10.1. The summed E-state index contributed by atoms with van der Waals surface area (Å²) in [5.41, 5.74) is 2.21. The Balaban J connectivity index is 2.24. The van der Waals surface area contributed by atoms with Crippen LogP contribution in [0.25, 0.3) is 0 Å². The van der Waals surface area contributed by atoms with E-state index in [0.29, 0.717) is 0 Å². The summed E-state index contributed by atoms with van der Waals surface area (Å²) in [5, 5.41) is 3.37. The van der Waals surface area contributed by atoms with Gasteiger partial charge in [-0.25, -0.2) is 0 Å². The van der Waals surface area contributed by atoms with Crippen molar-refractivity contribution in [2.45, 2.75) is 4.90 Å². The summed E-state index contributed by atoms with van der Waals surface area (Å²) < 4.78 is 0. The highest BCUT2D eigenvalue weighted by Crippen LogP contribution is 2.27. The van der Waals surface area contributed by atoms with Gasteiger partial charge in [0.1, 0.15) is 0 Å². The lowest BCUT2D eigenvalue weighted by Crippen LogP contribution is -1.91. The maximum atomic E-state index is 3.37. The van der Waals surface area contributed by atoms with Crippen molar-refractivity contribution in [3.05, 3.63) is 54.6 Å². The minimum Gasteiger partial charge on any atom is -0.355 e. The van der Waals surface area contributed by atoms with Gasteiger partial charge in [0.15, 0.2) is 0 Å². The van der Waals surface area contributed by atoms with E-state index in [0.717, 1.165) is 11.4 Å². The number of thioether (sulfide) groups is 1. The van der Waals surface area contributed by atoms with Gasteiger partial charge in [-0.1, -0.05) is 24.3 Å². The number of hydrogen-bond acceptors (Lipinski definition) is 2. The Morgan fingerprint density at radius 3 is 2.67 bits per heavy atom. The van der Waals surface area contributed by atoms with Gasteiger partial charge in [0.05, 0.1) is 5.69 Å². The largest absolute Gasteiger partial charge is 0.355 e. The number of hydrogen-bond donors (Lipinski definition) is 1. The molecule has 0 aliphatic heterocycles. The molecule has 1 nitrogen and oxygen atoms in total. The zero-order chi connectivity index (χ0) is 10.5. The summed E-state index contributed by atoms with van der Waals surface area (Å²) >= 11 is 1.73. The summed E-state index contributed by atoms with van der Waals surface area (Å²) in [7, 11) is 0. The van der Waals surface area contributed by atoms with Gasteiger partial charge < -0.3 is 5.32 Å². The fraction of sp³-hybridized carbons (Fsp3) is 0.0769. The quantitative estimate of drug-likeness (QED) is 0.776. The summed E-state index contributed by atoms with van der Waals surface area (Å²) in [6, 6.07) is 19.2. The molecule has 0 unspecified atom stereocenters. The molecule has 1 radical (unpaired) electrons. The average molecular weight is 214 g/mol. The molecule has 0 aliphatic rings. The number of anilines is 2. The molecule has 0 saturated heterocycles. The predicted octanol–water partition coefficient (Wildman–Crippen LogP) is 3.95. The lowest BCUT2D eigenvalue weighted by Gasteiger charge is -2.09. The fourth-order valence-corrected chi connectivity index (χ4v) is 1.90. The molecule has 2 rings (SSSR count). The van der Waals surface area contributed by atoms with Gasteiger partial charge >= 0.3 is 0 Å². The Hall–Kier alpha value is -1.41.